The van der Waals surface area contributed by atoms with Gasteiger partial charge in [-0.25, -0.2) is 0 Å². The van der Waals surface area contributed by atoms with E-state index in [1.54, 1.807) is 11.3 Å². The maximum Gasteiger partial charge on any atom is 0.269 e. The van der Waals surface area contributed by atoms with Gasteiger partial charge in [-0.2, -0.15) is 0 Å². The molecule has 0 fully saturated rings. The third kappa shape index (κ3) is 5.14. The summed E-state index contributed by atoms with van der Waals surface area (Å²) in [5.74, 6) is 0.470. The molecule has 21 heavy (non-hydrogen) atoms. The Morgan fingerprint density at radius 1 is 1.24 bits per heavy atom. The van der Waals surface area contributed by atoms with Crippen LogP contribution in [0.2, 0.25) is 0 Å². The first-order valence-electron chi connectivity index (χ1n) is 6.30. The minimum absolute atomic E-state index is 0.00202. The van der Waals surface area contributed by atoms with Crippen LogP contribution in [0.5, 0.6) is 5.75 Å². The molecule has 0 amide bonds. The van der Waals surface area contributed by atoms with Gasteiger partial charge in [-0.1, -0.05) is 6.07 Å². The third-order valence-electron chi connectivity index (χ3n) is 2.62. The normalized spacial score (nSPS) is 12.0. The van der Waals surface area contributed by atoms with Crippen LogP contribution < -0.4 is 4.74 Å². The molecule has 7 heteroatoms. The first-order valence-corrected chi connectivity index (χ1v) is 7.18. The van der Waals surface area contributed by atoms with Crippen LogP contribution in [0.4, 0.5) is 5.69 Å². The molecule has 1 atom stereocenters. The highest BCUT2D eigenvalue weighted by molar-refractivity contribution is 7.09. The number of aliphatic hydroxyl groups is 1. The number of thiophene rings is 1. The predicted molar refractivity (Wildman–Crippen MR) is 78.6 cm³/mol. The summed E-state index contributed by atoms with van der Waals surface area (Å²) in [5, 5.41) is 22.2. The molecule has 1 N–H and O–H groups in total. The number of hydrogen-bond donors (Lipinski definition) is 1. The lowest BCUT2D eigenvalue weighted by atomic mass is 10.3. The summed E-state index contributed by atoms with van der Waals surface area (Å²) in [6, 6.07) is 9.61. The van der Waals surface area contributed by atoms with Crippen LogP contribution in [-0.4, -0.2) is 29.3 Å². The predicted octanol–water partition coefficient (Wildman–Crippen LogP) is 2.61. The fourth-order valence-corrected chi connectivity index (χ4v) is 2.24. The van der Waals surface area contributed by atoms with Crippen molar-refractivity contribution in [3.63, 3.8) is 0 Å². The number of nitro groups is 1. The summed E-state index contributed by atoms with van der Waals surface area (Å²) in [6.45, 7) is 0.708. The number of nitro benzene ring substituents is 1. The van der Waals surface area contributed by atoms with Gasteiger partial charge >= 0.3 is 0 Å². The molecular formula is C14H15NO5S. The number of nitrogens with zero attached hydrogens (tertiary/aromatic N) is 1. The molecule has 112 valence electrons. The number of rotatable bonds is 8. The van der Waals surface area contributed by atoms with E-state index in [9.17, 15) is 15.2 Å². The second-order valence-electron chi connectivity index (χ2n) is 4.31. The van der Waals surface area contributed by atoms with Gasteiger partial charge in [0.05, 0.1) is 18.1 Å². The maximum atomic E-state index is 10.5. The van der Waals surface area contributed by atoms with Crippen LogP contribution in [0, 0.1) is 10.1 Å². The Hall–Kier alpha value is -1.96. The molecule has 0 aliphatic heterocycles. The van der Waals surface area contributed by atoms with E-state index >= 15 is 0 Å². The summed E-state index contributed by atoms with van der Waals surface area (Å²) < 4.78 is 10.7. The third-order valence-corrected chi connectivity index (χ3v) is 3.47. The number of ether oxygens (including phenoxy) is 2. The van der Waals surface area contributed by atoms with Crippen molar-refractivity contribution in [2.24, 2.45) is 0 Å². The van der Waals surface area contributed by atoms with E-state index < -0.39 is 11.0 Å². The molecule has 1 heterocycles. The fourth-order valence-electron chi connectivity index (χ4n) is 1.59. The van der Waals surface area contributed by atoms with Crippen molar-refractivity contribution in [1.29, 1.82) is 0 Å². The Morgan fingerprint density at radius 2 is 2.00 bits per heavy atom. The first kappa shape index (κ1) is 15.4. The van der Waals surface area contributed by atoms with Gasteiger partial charge in [0.1, 0.15) is 18.5 Å². The first-order chi connectivity index (χ1) is 10.1. The van der Waals surface area contributed by atoms with Gasteiger partial charge in [0.25, 0.3) is 5.69 Å². The van der Waals surface area contributed by atoms with E-state index in [0.29, 0.717) is 12.4 Å². The quantitative estimate of drug-likeness (QED) is 0.599. The lowest BCUT2D eigenvalue weighted by Gasteiger charge is -2.12. The van der Waals surface area contributed by atoms with Crippen LogP contribution in [0.25, 0.3) is 0 Å². The number of benzene rings is 1. The highest BCUT2D eigenvalue weighted by atomic mass is 32.1. The van der Waals surface area contributed by atoms with Gasteiger partial charge in [-0.05, 0) is 23.6 Å². The van der Waals surface area contributed by atoms with Crippen molar-refractivity contribution in [3.05, 3.63) is 56.8 Å². The maximum absolute atomic E-state index is 10.5. The average Bonchev–Trinajstić information content (AvgIpc) is 2.99. The molecule has 2 aromatic rings. The molecule has 0 bridgehead atoms. The molecule has 1 unspecified atom stereocenters. The Labute approximate surface area is 125 Å². The second kappa shape index (κ2) is 7.72. The van der Waals surface area contributed by atoms with Crippen LogP contribution >= 0.6 is 11.3 Å². The van der Waals surface area contributed by atoms with Crippen LogP contribution in [-0.2, 0) is 11.3 Å². The minimum atomic E-state index is -0.750. The lowest BCUT2D eigenvalue weighted by molar-refractivity contribution is -0.384. The van der Waals surface area contributed by atoms with Crippen LogP contribution in [0.3, 0.4) is 0 Å². The van der Waals surface area contributed by atoms with Gasteiger partial charge in [0.15, 0.2) is 0 Å². The SMILES string of the molecule is O=[N+]([O-])c1ccc(OCC(O)COCc2cccs2)cc1. The van der Waals surface area contributed by atoms with Gasteiger partial charge in [0, 0.05) is 17.0 Å². The molecule has 1 aromatic carbocycles. The topological polar surface area (TPSA) is 81.8 Å². The molecule has 6 nitrogen and oxygen atoms in total. The number of non-ortho nitro benzene ring substituents is 1. The zero-order valence-electron chi connectivity index (χ0n) is 11.2. The molecule has 0 aliphatic rings. The van der Waals surface area contributed by atoms with Crippen molar-refractivity contribution in [1.82, 2.24) is 0 Å². The molecule has 0 aliphatic carbocycles. The second-order valence-corrected chi connectivity index (χ2v) is 5.34. The highest BCUT2D eigenvalue weighted by Crippen LogP contribution is 2.17. The number of hydrogen-bond acceptors (Lipinski definition) is 6. The Kier molecular flexibility index (Phi) is 5.68. The van der Waals surface area contributed by atoms with Crippen LogP contribution in [0.15, 0.2) is 41.8 Å². The minimum Gasteiger partial charge on any atom is -0.491 e. The summed E-state index contributed by atoms with van der Waals surface area (Å²) in [4.78, 5) is 11.1. The van der Waals surface area contributed by atoms with Gasteiger partial charge in [-0.15, -0.1) is 11.3 Å². The molecule has 2 rings (SSSR count). The van der Waals surface area contributed by atoms with E-state index in [2.05, 4.69) is 0 Å². The van der Waals surface area contributed by atoms with E-state index in [1.165, 1.54) is 24.3 Å². The summed E-state index contributed by atoms with van der Waals surface area (Å²) in [7, 11) is 0. The largest absolute Gasteiger partial charge is 0.491 e. The van der Waals surface area contributed by atoms with E-state index in [1.807, 2.05) is 17.5 Å². The van der Waals surface area contributed by atoms with Crippen molar-refractivity contribution in [2.75, 3.05) is 13.2 Å². The van der Waals surface area contributed by atoms with Crippen molar-refractivity contribution in [3.8, 4) is 5.75 Å². The van der Waals surface area contributed by atoms with Crippen LogP contribution in [0.1, 0.15) is 4.88 Å². The monoisotopic (exact) mass is 309 g/mol. The van der Waals surface area contributed by atoms with Gasteiger partial charge in [0.2, 0.25) is 0 Å². The van der Waals surface area contributed by atoms with Crippen molar-refractivity contribution >= 4 is 17.0 Å². The Morgan fingerprint density at radius 3 is 2.62 bits per heavy atom. The number of aliphatic hydroxyl groups excluding tert-OH is 1. The molecule has 0 saturated carbocycles. The average molecular weight is 309 g/mol. The molecule has 0 spiro atoms. The van der Waals surface area contributed by atoms with E-state index in [0.717, 1.165) is 4.88 Å². The summed E-state index contributed by atoms with van der Waals surface area (Å²) in [5.41, 5.74) is 0.00202. The zero-order valence-corrected chi connectivity index (χ0v) is 12.0. The summed E-state index contributed by atoms with van der Waals surface area (Å²) in [6.07, 6.45) is -0.750. The smallest absolute Gasteiger partial charge is 0.269 e. The molecule has 1 aromatic heterocycles. The Balaban J connectivity index is 1.68. The fraction of sp³-hybridized carbons (Fsp3) is 0.286. The molecule has 0 saturated heterocycles. The van der Waals surface area contributed by atoms with Gasteiger partial charge < -0.3 is 14.6 Å². The van der Waals surface area contributed by atoms with Crippen molar-refractivity contribution < 1.29 is 19.5 Å². The van der Waals surface area contributed by atoms with Crippen molar-refractivity contribution in [2.45, 2.75) is 12.7 Å². The molecular weight excluding hydrogens is 294 g/mol. The highest BCUT2D eigenvalue weighted by Gasteiger charge is 2.08. The standard InChI is InChI=1S/C14H15NO5S/c16-12(8-19-10-14-2-1-7-21-14)9-20-13-5-3-11(4-6-13)15(17)18/h1-7,12,16H,8-10H2. The van der Waals surface area contributed by atoms with E-state index in [-0.39, 0.29) is 18.9 Å². The Bertz CT molecular complexity index is 555. The van der Waals surface area contributed by atoms with Gasteiger partial charge in [-0.3, -0.25) is 10.1 Å². The zero-order chi connectivity index (χ0) is 15.1. The van der Waals surface area contributed by atoms with E-state index in [4.69, 9.17) is 9.47 Å². The lowest BCUT2D eigenvalue weighted by Crippen LogP contribution is -2.23. The molecule has 0 radical (unpaired) electrons. The summed E-state index contributed by atoms with van der Waals surface area (Å²) >= 11 is 1.60.